The first-order chi connectivity index (χ1) is 10.9. The van der Waals surface area contributed by atoms with E-state index in [-0.39, 0.29) is 17.6 Å². The van der Waals surface area contributed by atoms with Gasteiger partial charge in [-0.25, -0.2) is 13.8 Å². The van der Waals surface area contributed by atoms with Crippen LogP contribution in [-0.2, 0) is 11.3 Å². The minimum Gasteiger partial charge on any atom is -0.480 e. The fraction of sp³-hybridized carbons (Fsp3) is 0.176. The zero-order chi connectivity index (χ0) is 16.7. The number of aryl methyl sites for hydroxylation is 2. The molecule has 0 aliphatic heterocycles. The SMILES string of the molecule is Cc1ccc(-c2nc3cc(F)c(F)cc3n2CC(=O)O)cc1C. The monoisotopic (exact) mass is 316 g/mol. The molecule has 0 aliphatic carbocycles. The summed E-state index contributed by atoms with van der Waals surface area (Å²) in [5.41, 5.74) is 3.28. The number of benzene rings is 2. The highest BCUT2D eigenvalue weighted by atomic mass is 19.2. The third kappa shape index (κ3) is 2.67. The molecule has 6 heteroatoms. The summed E-state index contributed by atoms with van der Waals surface area (Å²) in [6.07, 6.45) is 0. The van der Waals surface area contributed by atoms with E-state index in [0.29, 0.717) is 11.4 Å². The predicted octanol–water partition coefficient (Wildman–Crippen LogP) is 3.68. The second-order valence-electron chi connectivity index (χ2n) is 5.47. The van der Waals surface area contributed by atoms with Crippen LogP contribution in [0.1, 0.15) is 11.1 Å². The van der Waals surface area contributed by atoms with E-state index in [2.05, 4.69) is 4.98 Å². The maximum atomic E-state index is 13.5. The minimum atomic E-state index is -1.08. The summed E-state index contributed by atoms with van der Waals surface area (Å²) in [6, 6.07) is 7.55. The Morgan fingerprint density at radius 2 is 1.83 bits per heavy atom. The summed E-state index contributed by atoms with van der Waals surface area (Å²) < 4.78 is 28.3. The van der Waals surface area contributed by atoms with Gasteiger partial charge in [-0.1, -0.05) is 12.1 Å². The third-order valence-corrected chi connectivity index (χ3v) is 3.85. The van der Waals surface area contributed by atoms with Crippen LogP contribution in [0.25, 0.3) is 22.4 Å². The van der Waals surface area contributed by atoms with Crippen molar-refractivity contribution in [2.45, 2.75) is 20.4 Å². The number of fused-ring (bicyclic) bond motifs is 1. The van der Waals surface area contributed by atoms with Gasteiger partial charge in [-0.05, 0) is 31.0 Å². The fourth-order valence-electron chi connectivity index (χ4n) is 2.52. The van der Waals surface area contributed by atoms with E-state index in [1.165, 1.54) is 4.57 Å². The largest absolute Gasteiger partial charge is 0.480 e. The summed E-state index contributed by atoms with van der Waals surface area (Å²) in [5.74, 6) is -2.76. The topological polar surface area (TPSA) is 55.1 Å². The Kier molecular flexibility index (Phi) is 3.60. The number of hydrogen-bond donors (Lipinski definition) is 1. The molecule has 3 rings (SSSR count). The number of carboxylic acids is 1. The summed E-state index contributed by atoms with van der Waals surface area (Å²) in [7, 11) is 0. The van der Waals surface area contributed by atoms with Crippen molar-refractivity contribution in [3.8, 4) is 11.4 Å². The number of imidazole rings is 1. The van der Waals surface area contributed by atoms with Crippen molar-refractivity contribution in [3.63, 3.8) is 0 Å². The smallest absolute Gasteiger partial charge is 0.323 e. The molecule has 0 atom stereocenters. The highest BCUT2D eigenvalue weighted by molar-refractivity contribution is 5.83. The van der Waals surface area contributed by atoms with Gasteiger partial charge in [-0.3, -0.25) is 4.79 Å². The van der Waals surface area contributed by atoms with Crippen LogP contribution in [0.5, 0.6) is 0 Å². The van der Waals surface area contributed by atoms with Gasteiger partial charge in [0.25, 0.3) is 0 Å². The van der Waals surface area contributed by atoms with Crippen LogP contribution in [-0.4, -0.2) is 20.6 Å². The van der Waals surface area contributed by atoms with Crippen LogP contribution in [0.15, 0.2) is 30.3 Å². The van der Waals surface area contributed by atoms with Crippen molar-refractivity contribution in [1.82, 2.24) is 9.55 Å². The molecule has 0 spiro atoms. The maximum absolute atomic E-state index is 13.5. The van der Waals surface area contributed by atoms with E-state index >= 15 is 0 Å². The summed E-state index contributed by atoms with van der Waals surface area (Å²) >= 11 is 0. The minimum absolute atomic E-state index is 0.221. The number of halogens is 2. The van der Waals surface area contributed by atoms with Gasteiger partial charge in [0.2, 0.25) is 0 Å². The van der Waals surface area contributed by atoms with Crippen LogP contribution in [0, 0.1) is 25.5 Å². The summed E-state index contributed by atoms with van der Waals surface area (Å²) in [6.45, 7) is 3.51. The van der Waals surface area contributed by atoms with Crippen LogP contribution < -0.4 is 0 Å². The number of rotatable bonds is 3. The zero-order valence-electron chi connectivity index (χ0n) is 12.6. The van der Waals surface area contributed by atoms with Gasteiger partial charge in [0, 0.05) is 17.7 Å². The molecule has 23 heavy (non-hydrogen) atoms. The number of carboxylic acid groups (broad SMARTS) is 1. The van der Waals surface area contributed by atoms with Gasteiger partial charge in [0.1, 0.15) is 12.4 Å². The Labute approximate surface area is 131 Å². The van der Waals surface area contributed by atoms with E-state index in [4.69, 9.17) is 5.11 Å². The normalized spacial score (nSPS) is 11.1. The van der Waals surface area contributed by atoms with Crippen LogP contribution in [0.2, 0.25) is 0 Å². The first-order valence-corrected chi connectivity index (χ1v) is 7.01. The molecule has 1 aromatic heterocycles. The maximum Gasteiger partial charge on any atom is 0.323 e. The van der Waals surface area contributed by atoms with Crippen molar-refractivity contribution >= 4 is 17.0 Å². The Morgan fingerprint density at radius 1 is 1.13 bits per heavy atom. The Hall–Kier alpha value is -2.76. The lowest BCUT2D eigenvalue weighted by Crippen LogP contribution is -2.10. The van der Waals surface area contributed by atoms with E-state index in [1.807, 2.05) is 32.0 Å². The zero-order valence-corrected chi connectivity index (χ0v) is 12.6. The first-order valence-electron chi connectivity index (χ1n) is 7.01. The molecular weight excluding hydrogens is 302 g/mol. The van der Waals surface area contributed by atoms with Gasteiger partial charge in [-0.15, -0.1) is 0 Å². The number of hydrogen-bond acceptors (Lipinski definition) is 2. The number of aromatic nitrogens is 2. The standard InChI is InChI=1S/C17H14F2N2O2/c1-9-3-4-11(5-10(9)2)17-20-14-6-12(18)13(19)7-15(14)21(17)8-16(22)23/h3-7H,8H2,1-2H3,(H,22,23). The lowest BCUT2D eigenvalue weighted by Gasteiger charge is -2.08. The lowest BCUT2D eigenvalue weighted by atomic mass is 10.1. The highest BCUT2D eigenvalue weighted by Crippen LogP contribution is 2.27. The molecule has 3 aromatic rings. The molecule has 0 unspecified atom stereocenters. The molecule has 0 aliphatic rings. The van der Waals surface area contributed by atoms with Crippen LogP contribution in [0.4, 0.5) is 8.78 Å². The molecule has 118 valence electrons. The van der Waals surface area contributed by atoms with Crippen molar-refractivity contribution in [1.29, 1.82) is 0 Å². The van der Waals surface area contributed by atoms with Crippen LogP contribution in [0.3, 0.4) is 0 Å². The predicted molar refractivity (Wildman–Crippen MR) is 82.2 cm³/mol. The van der Waals surface area contributed by atoms with E-state index in [0.717, 1.165) is 23.3 Å². The number of aliphatic carboxylic acids is 1. The molecule has 2 aromatic carbocycles. The lowest BCUT2D eigenvalue weighted by molar-refractivity contribution is -0.137. The fourth-order valence-corrected chi connectivity index (χ4v) is 2.52. The van der Waals surface area contributed by atoms with E-state index in [1.54, 1.807) is 0 Å². The average molecular weight is 316 g/mol. The molecule has 0 saturated carbocycles. The van der Waals surface area contributed by atoms with Gasteiger partial charge < -0.3 is 9.67 Å². The Balaban J connectivity index is 2.29. The molecule has 1 heterocycles. The molecule has 1 N–H and O–H groups in total. The molecule has 0 bridgehead atoms. The summed E-state index contributed by atoms with van der Waals surface area (Å²) in [5, 5.41) is 9.12. The average Bonchev–Trinajstić information content (AvgIpc) is 2.80. The Morgan fingerprint density at radius 3 is 2.48 bits per heavy atom. The van der Waals surface area contributed by atoms with Gasteiger partial charge in [0.05, 0.1) is 11.0 Å². The second kappa shape index (κ2) is 5.46. The molecule has 0 saturated heterocycles. The molecule has 0 amide bonds. The highest BCUT2D eigenvalue weighted by Gasteiger charge is 2.17. The summed E-state index contributed by atoms with van der Waals surface area (Å²) in [4.78, 5) is 15.5. The van der Waals surface area contributed by atoms with Crippen molar-refractivity contribution in [2.75, 3.05) is 0 Å². The van der Waals surface area contributed by atoms with Gasteiger partial charge in [0.15, 0.2) is 11.6 Å². The van der Waals surface area contributed by atoms with E-state index in [9.17, 15) is 13.6 Å². The number of nitrogens with zero attached hydrogens (tertiary/aromatic N) is 2. The van der Waals surface area contributed by atoms with Crippen molar-refractivity contribution in [3.05, 3.63) is 53.1 Å². The van der Waals surface area contributed by atoms with Gasteiger partial charge in [-0.2, -0.15) is 0 Å². The van der Waals surface area contributed by atoms with Crippen LogP contribution >= 0.6 is 0 Å². The second-order valence-corrected chi connectivity index (χ2v) is 5.47. The van der Waals surface area contributed by atoms with E-state index < -0.39 is 17.6 Å². The Bertz CT molecular complexity index is 932. The number of carbonyl (C=O) groups is 1. The molecule has 0 fully saturated rings. The first kappa shape index (κ1) is 15.1. The van der Waals surface area contributed by atoms with Gasteiger partial charge >= 0.3 is 5.97 Å². The molecule has 4 nitrogen and oxygen atoms in total. The van der Waals surface area contributed by atoms with Crippen molar-refractivity contribution < 1.29 is 18.7 Å². The third-order valence-electron chi connectivity index (χ3n) is 3.85. The molecule has 0 radical (unpaired) electrons. The molecular formula is C17H14F2N2O2. The quantitative estimate of drug-likeness (QED) is 0.802. The van der Waals surface area contributed by atoms with Crippen molar-refractivity contribution in [2.24, 2.45) is 0 Å².